The van der Waals surface area contributed by atoms with Crippen LogP contribution in [0.2, 0.25) is 0 Å². The molecule has 0 aliphatic carbocycles. The number of hydrogen-bond donors (Lipinski definition) is 0. The van der Waals surface area contributed by atoms with E-state index in [-0.39, 0.29) is 11.8 Å². The molecule has 4 nitrogen and oxygen atoms in total. The van der Waals surface area contributed by atoms with Gasteiger partial charge in [0.2, 0.25) is 0 Å². The molecule has 0 bridgehead atoms. The molecule has 0 amide bonds. The molecule has 0 spiro atoms. The van der Waals surface area contributed by atoms with Crippen molar-refractivity contribution in [3.05, 3.63) is 34.9 Å². The van der Waals surface area contributed by atoms with Gasteiger partial charge in [0.25, 0.3) is 0 Å². The predicted octanol–water partition coefficient (Wildman–Crippen LogP) is 3.20. The van der Waals surface area contributed by atoms with Crippen molar-refractivity contribution in [3.8, 4) is 5.75 Å². The first kappa shape index (κ1) is 15.5. The number of methoxy groups -OCH3 is 1. The Kier molecular flexibility index (Phi) is 6.39. The summed E-state index contributed by atoms with van der Waals surface area (Å²) in [7, 11) is 1.56. The summed E-state index contributed by atoms with van der Waals surface area (Å²) in [5.74, 6) is 0.173. The Hall–Kier alpha value is -1.52. The van der Waals surface area contributed by atoms with Gasteiger partial charge < -0.3 is 14.2 Å². The largest absolute Gasteiger partial charge is 0.468 e. The normalized spacial score (nSPS) is 11.8. The Labute approximate surface area is 117 Å². The summed E-state index contributed by atoms with van der Waals surface area (Å²) in [6, 6.07) is 7.21. The molecule has 0 atom stereocenters. The number of hydrogen-bond acceptors (Lipinski definition) is 4. The molecule has 0 saturated heterocycles. The van der Waals surface area contributed by atoms with E-state index in [4.69, 9.17) is 25.8 Å². The van der Waals surface area contributed by atoms with Crippen molar-refractivity contribution in [1.29, 1.82) is 0 Å². The van der Waals surface area contributed by atoms with Crippen molar-refractivity contribution in [3.63, 3.8) is 0 Å². The molecule has 0 N–H and O–H groups in total. The number of benzene rings is 1. The lowest BCUT2D eigenvalue weighted by molar-refractivity contribution is -0.137. The highest BCUT2D eigenvalue weighted by molar-refractivity contribution is 6.44. The molecule has 1 aromatic carbocycles. The highest BCUT2D eigenvalue weighted by atomic mass is 35.5. The topological polar surface area (TPSA) is 44.8 Å². The molecule has 0 heterocycles. The van der Waals surface area contributed by atoms with Gasteiger partial charge in [0.05, 0.1) is 6.61 Å². The van der Waals surface area contributed by atoms with Crippen molar-refractivity contribution < 1.29 is 19.0 Å². The monoisotopic (exact) mass is 284 g/mol. The maximum Gasteiger partial charge on any atom is 0.350 e. The zero-order valence-corrected chi connectivity index (χ0v) is 12.0. The molecular formula is C14H17ClO4. The number of ether oxygens (including phenoxy) is 3. The zero-order chi connectivity index (χ0) is 14.3. The van der Waals surface area contributed by atoms with Crippen LogP contribution < -0.4 is 4.74 Å². The zero-order valence-electron chi connectivity index (χ0n) is 11.2. The van der Waals surface area contributed by atoms with Crippen molar-refractivity contribution in [2.75, 3.05) is 20.5 Å². The summed E-state index contributed by atoms with van der Waals surface area (Å²) >= 11 is 5.97. The van der Waals surface area contributed by atoms with Crippen LogP contribution in [0.25, 0.3) is 5.57 Å². The molecule has 0 saturated carbocycles. The second kappa shape index (κ2) is 7.81. The van der Waals surface area contributed by atoms with Crippen LogP contribution in [0.4, 0.5) is 0 Å². The van der Waals surface area contributed by atoms with Crippen LogP contribution in [0.1, 0.15) is 19.4 Å². The van der Waals surface area contributed by atoms with Crippen LogP contribution in [0.5, 0.6) is 5.75 Å². The Bertz CT molecular complexity index is 451. The van der Waals surface area contributed by atoms with E-state index in [1.54, 1.807) is 33.1 Å². The molecule has 0 radical (unpaired) electrons. The molecule has 0 aliphatic rings. The number of halogens is 1. The average Bonchev–Trinajstić information content (AvgIpc) is 2.44. The summed E-state index contributed by atoms with van der Waals surface area (Å²) in [5.41, 5.74) is 1.50. The Morgan fingerprint density at radius 3 is 2.42 bits per heavy atom. The smallest absolute Gasteiger partial charge is 0.350 e. The van der Waals surface area contributed by atoms with Gasteiger partial charge in [-0.05, 0) is 37.1 Å². The fourth-order valence-electron chi connectivity index (χ4n) is 1.40. The second-order valence-electron chi connectivity index (χ2n) is 3.73. The molecular weight excluding hydrogens is 268 g/mol. The minimum absolute atomic E-state index is 0.0902. The van der Waals surface area contributed by atoms with Crippen LogP contribution in [0, 0.1) is 0 Å². The van der Waals surface area contributed by atoms with Gasteiger partial charge in [-0.3, -0.25) is 0 Å². The van der Waals surface area contributed by atoms with E-state index in [1.807, 2.05) is 12.1 Å². The second-order valence-corrected chi connectivity index (χ2v) is 4.11. The highest BCUT2D eigenvalue weighted by Crippen LogP contribution is 2.24. The van der Waals surface area contributed by atoms with Gasteiger partial charge in [0, 0.05) is 7.11 Å². The van der Waals surface area contributed by atoms with Crippen LogP contribution in [-0.2, 0) is 14.3 Å². The molecule has 1 aromatic rings. The number of rotatable bonds is 6. The van der Waals surface area contributed by atoms with Crippen LogP contribution in [-0.4, -0.2) is 26.5 Å². The van der Waals surface area contributed by atoms with Gasteiger partial charge in [-0.1, -0.05) is 23.7 Å². The Morgan fingerprint density at radius 1 is 1.26 bits per heavy atom. The van der Waals surface area contributed by atoms with Gasteiger partial charge in [-0.15, -0.1) is 0 Å². The van der Waals surface area contributed by atoms with Crippen LogP contribution >= 0.6 is 11.6 Å². The quantitative estimate of drug-likeness (QED) is 0.457. The molecule has 1 rings (SSSR count). The van der Waals surface area contributed by atoms with E-state index in [0.717, 1.165) is 5.56 Å². The molecule has 5 heteroatoms. The third-order valence-corrected chi connectivity index (χ3v) is 2.85. The predicted molar refractivity (Wildman–Crippen MR) is 74.0 cm³/mol. The van der Waals surface area contributed by atoms with Crippen molar-refractivity contribution in [1.82, 2.24) is 0 Å². The summed E-state index contributed by atoms with van der Waals surface area (Å²) in [4.78, 5) is 11.5. The van der Waals surface area contributed by atoms with Gasteiger partial charge in [-0.2, -0.15) is 0 Å². The standard InChI is InChI=1S/C14H17ClO4/c1-4-18-14(16)13(15)10(2)11-5-7-12(8-6-11)19-9-17-3/h5-8H,4,9H2,1-3H3. The molecule has 0 unspecified atom stereocenters. The summed E-state index contributed by atoms with van der Waals surface area (Å²) in [6.07, 6.45) is 0. The first-order chi connectivity index (χ1) is 9.10. The van der Waals surface area contributed by atoms with Gasteiger partial charge >= 0.3 is 5.97 Å². The number of carbonyl (C=O) groups is 1. The average molecular weight is 285 g/mol. The minimum Gasteiger partial charge on any atom is -0.468 e. The fraction of sp³-hybridized carbons (Fsp3) is 0.357. The molecule has 0 fully saturated rings. The molecule has 0 aromatic heterocycles. The number of esters is 1. The molecule has 0 aliphatic heterocycles. The van der Waals surface area contributed by atoms with E-state index >= 15 is 0 Å². The van der Waals surface area contributed by atoms with Crippen molar-refractivity contribution in [2.24, 2.45) is 0 Å². The van der Waals surface area contributed by atoms with Gasteiger partial charge in [0.1, 0.15) is 10.8 Å². The van der Waals surface area contributed by atoms with Crippen LogP contribution in [0.3, 0.4) is 0 Å². The Balaban J connectivity index is 2.84. The van der Waals surface area contributed by atoms with E-state index in [0.29, 0.717) is 17.9 Å². The maximum absolute atomic E-state index is 11.5. The summed E-state index contributed by atoms with van der Waals surface area (Å²) < 4.78 is 14.9. The third kappa shape index (κ3) is 4.58. The molecule has 19 heavy (non-hydrogen) atoms. The van der Waals surface area contributed by atoms with E-state index < -0.39 is 5.97 Å². The van der Waals surface area contributed by atoms with E-state index in [2.05, 4.69) is 0 Å². The summed E-state index contributed by atoms with van der Waals surface area (Å²) in [5, 5.41) is 0.0902. The lowest BCUT2D eigenvalue weighted by Gasteiger charge is -2.08. The first-order valence-electron chi connectivity index (χ1n) is 5.85. The number of carbonyl (C=O) groups excluding carboxylic acids is 1. The maximum atomic E-state index is 11.5. The summed E-state index contributed by atoms with van der Waals surface area (Å²) in [6.45, 7) is 3.99. The van der Waals surface area contributed by atoms with E-state index in [1.165, 1.54) is 0 Å². The lowest BCUT2D eigenvalue weighted by atomic mass is 10.1. The van der Waals surface area contributed by atoms with Crippen molar-refractivity contribution >= 4 is 23.1 Å². The SMILES string of the molecule is CCOC(=O)C(Cl)=C(C)c1ccc(OCOC)cc1. The van der Waals surface area contributed by atoms with Gasteiger partial charge in [0.15, 0.2) is 6.79 Å². The first-order valence-corrected chi connectivity index (χ1v) is 6.23. The van der Waals surface area contributed by atoms with Gasteiger partial charge in [-0.25, -0.2) is 4.79 Å². The lowest BCUT2D eigenvalue weighted by Crippen LogP contribution is -2.05. The Morgan fingerprint density at radius 2 is 1.89 bits per heavy atom. The van der Waals surface area contributed by atoms with Crippen LogP contribution in [0.15, 0.2) is 29.3 Å². The highest BCUT2D eigenvalue weighted by Gasteiger charge is 2.12. The minimum atomic E-state index is -0.513. The third-order valence-electron chi connectivity index (χ3n) is 2.41. The van der Waals surface area contributed by atoms with Crippen molar-refractivity contribution in [2.45, 2.75) is 13.8 Å². The molecule has 104 valence electrons. The van der Waals surface area contributed by atoms with E-state index in [9.17, 15) is 4.79 Å². The fourth-order valence-corrected chi connectivity index (χ4v) is 1.57. The number of allylic oxidation sites excluding steroid dienone is 1.